The zero-order valence-corrected chi connectivity index (χ0v) is 40.9. The van der Waals surface area contributed by atoms with Crippen LogP contribution in [0.2, 0.25) is 0 Å². The summed E-state index contributed by atoms with van der Waals surface area (Å²) < 4.78 is 16.7. The summed E-state index contributed by atoms with van der Waals surface area (Å²) in [6, 6.07) is 0. The number of rotatable bonds is 47. The highest BCUT2D eigenvalue weighted by molar-refractivity contribution is 5.71. The lowest BCUT2D eigenvalue weighted by molar-refractivity contribution is -0.166. The molecule has 0 aromatic rings. The fourth-order valence-electron chi connectivity index (χ4n) is 7.29. The molecule has 0 radical (unpaired) electrons. The SMILES string of the molecule is CC/C=C\C/C=C\CCCCCCCCCC(=O)OC(COC(=O)CC/C=C\C/C=C\CCCCCCCC)COC(=O)CCCCCCCCC/C=C\CCCCCCCC. The van der Waals surface area contributed by atoms with Crippen molar-refractivity contribution in [1.29, 1.82) is 0 Å². The van der Waals surface area contributed by atoms with Crippen LogP contribution in [0.25, 0.3) is 0 Å². The van der Waals surface area contributed by atoms with Crippen LogP contribution < -0.4 is 0 Å². The molecule has 0 rings (SSSR count). The molecule has 0 saturated heterocycles. The first-order chi connectivity index (χ1) is 30.5. The molecule has 0 amide bonds. The Morgan fingerprint density at radius 2 is 0.661 bits per heavy atom. The first kappa shape index (κ1) is 59.1. The molecule has 0 aromatic carbocycles. The minimum Gasteiger partial charge on any atom is -0.462 e. The van der Waals surface area contributed by atoms with Crippen LogP contribution >= 0.6 is 0 Å². The smallest absolute Gasteiger partial charge is 0.306 e. The Morgan fingerprint density at radius 1 is 0.339 bits per heavy atom. The van der Waals surface area contributed by atoms with Crippen molar-refractivity contribution in [2.24, 2.45) is 0 Å². The highest BCUT2D eigenvalue weighted by Crippen LogP contribution is 2.14. The average Bonchev–Trinajstić information content (AvgIpc) is 3.27. The summed E-state index contributed by atoms with van der Waals surface area (Å²) in [6.07, 6.45) is 62.2. The van der Waals surface area contributed by atoms with Crippen molar-refractivity contribution in [2.45, 2.75) is 264 Å². The van der Waals surface area contributed by atoms with Crippen molar-refractivity contribution in [1.82, 2.24) is 0 Å². The molecule has 1 atom stereocenters. The number of ether oxygens (including phenoxy) is 3. The van der Waals surface area contributed by atoms with Crippen molar-refractivity contribution < 1.29 is 28.6 Å². The molecule has 6 heteroatoms. The summed E-state index contributed by atoms with van der Waals surface area (Å²) in [5.41, 5.74) is 0. The highest BCUT2D eigenvalue weighted by atomic mass is 16.6. The monoisotopic (exact) mass is 867 g/mol. The molecule has 0 aliphatic heterocycles. The summed E-state index contributed by atoms with van der Waals surface area (Å²) >= 11 is 0. The Labute approximate surface area is 383 Å². The zero-order valence-electron chi connectivity index (χ0n) is 40.9. The third kappa shape index (κ3) is 48.1. The van der Waals surface area contributed by atoms with Crippen molar-refractivity contribution in [3.05, 3.63) is 60.8 Å². The second-order valence-corrected chi connectivity index (χ2v) is 17.4. The first-order valence-corrected chi connectivity index (χ1v) is 26.3. The van der Waals surface area contributed by atoms with Crippen LogP contribution in [0.1, 0.15) is 258 Å². The minimum atomic E-state index is -0.801. The lowest BCUT2D eigenvalue weighted by Gasteiger charge is -2.18. The van der Waals surface area contributed by atoms with E-state index in [1.807, 2.05) is 6.08 Å². The summed E-state index contributed by atoms with van der Waals surface area (Å²) in [7, 11) is 0. The normalized spacial score (nSPS) is 12.5. The van der Waals surface area contributed by atoms with Gasteiger partial charge in [0.05, 0.1) is 0 Å². The molecular formula is C56H98O6. The number of hydrogen-bond acceptors (Lipinski definition) is 6. The van der Waals surface area contributed by atoms with Gasteiger partial charge in [-0.25, -0.2) is 0 Å². The fourth-order valence-corrected chi connectivity index (χ4v) is 7.29. The summed E-state index contributed by atoms with van der Waals surface area (Å²) in [5, 5.41) is 0. The molecule has 0 bridgehead atoms. The molecule has 0 aliphatic rings. The average molecular weight is 867 g/mol. The number of esters is 3. The zero-order chi connectivity index (χ0) is 45.1. The molecule has 0 fully saturated rings. The third-order valence-electron chi connectivity index (χ3n) is 11.2. The van der Waals surface area contributed by atoms with E-state index in [0.717, 1.165) is 70.6 Å². The Hall–Kier alpha value is -2.89. The van der Waals surface area contributed by atoms with Gasteiger partial charge in [-0.2, -0.15) is 0 Å². The van der Waals surface area contributed by atoms with E-state index in [0.29, 0.717) is 19.3 Å². The van der Waals surface area contributed by atoms with Gasteiger partial charge >= 0.3 is 17.9 Å². The molecule has 0 spiro atoms. The van der Waals surface area contributed by atoms with Gasteiger partial charge in [-0.05, 0) is 89.9 Å². The number of allylic oxidation sites excluding steroid dienone is 10. The predicted octanol–water partition coefficient (Wildman–Crippen LogP) is 17.3. The van der Waals surface area contributed by atoms with Crippen molar-refractivity contribution in [3.63, 3.8) is 0 Å². The van der Waals surface area contributed by atoms with Gasteiger partial charge in [0, 0.05) is 19.3 Å². The minimum absolute atomic E-state index is 0.0964. The van der Waals surface area contributed by atoms with Crippen molar-refractivity contribution in [2.75, 3.05) is 13.2 Å². The number of hydrogen-bond donors (Lipinski definition) is 0. The molecule has 0 heterocycles. The van der Waals surface area contributed by atoms with E-state index >= 15 is 0 Å². The standard InChI is InChI=1S/C56H98O6/c1-4-7-10-13-16-19-22-25-27-28-29-32-34-37-40-43-46-49-55(58)61-52-53(51-60-54(57)48-45-42-39-36-33-30-24-21-18-15-12-9-6-3)62-56(59)50-47-44-41-38-35-31-26-23-20-17-14-11-8-5-2/h8,11,17,20,25,27,30,33,39,42,53H,4-7,9-10,12-16,18-19,21-24,26,28-29,31-32,34-38,40-41,43-52H2,1-3H3/b11-8-,20-17-,27-25-,33-30-,42-39-. The largest absolute Gasteiger partial charge is 0.462 e. The molecule has 0 saturated carbocycles. The van der Waals surface area contributed by atoms with Crippen molar-refractivity contribution in [3.8, 4) is 0 Å². The molecule has 358 valence electrons. The Kier molecular flexibility index (Phi) is 48.4. The van der Waals surface area contributed by atoms with Crippen LogP contribution in [0, 0.1) is 0 Å². The van der Waals surface area contributed by atoms with E-state index in [2.05, 4.69) is 75.5 Å². The van der Waals surface area contributed by atoms with E-state index in [1.54, 1.807) is 0 Å². The van der Waals surface area contributed by atoms with Crippen LogP contribution in [0.5, 0.6) is 0 Å². The van der Waals surface area contributed by atoms with E-state index < -0.39 is 6.10 Å². The number of carbonyl (C=O) groups is 3. The molecule has 1 unspecified atom stereocenters. The molecule has 62 heavy (non-hydrogen) atoms. The van der Waals surface area contributed by atoms with E-state index in [4.69, 9.17) is 14.2 Å². The second kappa shape index (κ2) is 50.8. The fraction of sp³-hybridized carbons (Fsp3) is 0.768. The van der Waals surface area contributed by atoms with E-state index in [-0.39, 0.29) is 37.5 Å². The third-order valence-corrected chi connectivity index (χ3v) is 11.2. The van der Waals surface area contributed by atoms with E-state index in [1.165, 1.54) is 141 Å². The molecule has 0 aliphatic carbocycles. The number of carbonyl (C=O) groups excluding carboxylic acids is 3. The predicted molar refractivity (Wildman–Crippen MR) is 265 cm³/mol. The van der Waals surface area contributed by atoms with Crippen LogP contribution in [0.15, 0.2) is 60.8 Å². The summed E-state index contributed by atoms with van der Waals surface area (Å²) in [5.74, 6) is -0.975. The van der Waals surface area contributed by atoms with Gasteiger partial charge < -0.3 is 14.2 Å². The maximum atomic E-state index is 12.8. The lowest BCUT2D eigenvalue weighted by atomic mass is 10.1. The van der Waals surface area contributed by atoms with Crippen LogP contribution in [-0.2, 0) is 28.6 Å². The quantitative estimate of drug-likeness (QED) is 0.0262. The lowest BCUT2D eigenvalue weighted by Crippen LogP contribution is -2.30. The second-order valence-electron chi connectivity index (χ2n) is 17.4. The van der Waals surface area contributed by atoms with Crippen LogP contribution in [-0.4, -0.2) is 37.2 Å². The van der Waals surface area contributed by atoms with Gasteiger partial charge in [0.15, 0.2) is 6.10 Å². The van der Waals surface area contributed by atoms with Gasteiger partial charge in [-0.15, -0.1) is 0 Å². The van der Waals surface area contributed by atoms with Gasteiger partial charge in [0.2, 0.25) is 0 Å². The topological polar surface area (TPSA) is 78.9 Å². The highest BCUT2D eigenvalue weighted by Gasteiger charge is 2.19. The Balaban J connectivity index is 4.43. The van der Waals surface area contributed by atoms with Gasteiger partial charge in [0.1, 0.15) is 13.2 Å². The molecular weight excluding hydrogens is 769 g/mol. The molecule has 0 aromatic heterocycles. The summed E-state index contributed by atoms with van der Waals surface area (Å²) in [6.45, 7) is 6.47. The van der Waals surface area contributed by atoms with Crippen molar-refractivity contribution >= 4 is 17.9 Å². The Morgan fingerprint density at radius 3 is 1.08 bits per heavy atom. The first-order valence-electron chi connectivity index (χ1n) is 26.3. The van der Waals surface area contributed by atoms with E-state index in [9.17, 15) is 14.4 Å². The summed E-state index contributed by atoms with van der Waals surface area (Å²) in [4.78, 5) is 37.9. The maximum absolute atomic E-state index is 12.8. The van der Waals surface area contributed by atoms with Crippen LogP contribution in [0.4, 0.5) is 0 Å². The van der Waals surface area contributed by atoms with Gasteiger partial charge in [-0.3, -0.25) is 14.4 Å². The molecule has 6 nitrogen and oxygen atoms in total. The van der Waals surface area contributed by atoms with Gasteiger partial charge in [0.25, 0.3) is 0 Å². The van der Waals surface area contributed by atoms with Crippen LogP contribution in [0.3, 0.4) is 0 Å². The number of unbranched alkanes of at least 4 members (excludes halogenated alkanes) is 26. The Bertz CT molecular complexity index is 1130. The van der Waals surface area contributed by atoms with Gasteiger partial charge in [-0.1, -0.05) is 210 Å². The maximum Gasteiger partial charge on any atom is 0.306 e. The molecule has 0 N–H and O–H groups in total.